The molecule has 1 amide bonds. The van der Waals surface area contributed by atoms with Crippen LogP contribution in [0.4, 0.5) is 31.1 Å². The molecule has 0 saturated carbocycles. The number of amides is 1. The molecular weight excluding hydrogens is 388 g/mol. The fourth-order valence-electron chi connectivity index (χ4n) is 2.77. The largest absolute Gasteiger partial charge is 0.443 e. The number of hydrogen-bond donors (Lipinski definition) is 0. The highest BCUT2D eigenvalue weighted by atomic mass is 19.4. The lowest BCUT2D eigenvalue weighted by molar-refractivity contribution is -0.143. The van der Waals surface area contributed by atoms with Gasteiger partial charge in [0.2, 0.25) is 0 Å². The highest BCUT2D eigenvalue weighted by Crippen LogP contribution is 2.38. The topological polar surface area (TPSA) is 29.5 Å². The summed E-state index contributed by atoms with van der Waals surface area (Å²) in [4.78, 5) is 13.6. The molecule has 0 aromatic heterocycles. The molecule has 1 aromatic carbocycles. The zero-order valence-corrected chi connectivity index (χ0v) is 15.7. The molecule has 0 saturated heterocycles. The van der Waals surface area contributed by atoms with E-state index >= 15 is 0 Å². The molecule has 28 heavy (non-hydrogen) atoms. The number of halogens is 6. The summed E-state index contributed by atoms with van der Waals surface area (Å²) in [5.74, 6) is 0. The lowest BCUT2D eigenvalue weighted by Crippen LogP contribution is -2.36. The smallest absolute Gasteiger partial charge is 0.416 e. The van der Waals surface area contributed by atoms with E-state index in [1.165, 1.54) is 6.08 Å². The molecule has 0 aliphatic carbocycles. The Morgan fingerprint density at radius 1 is 0.929 bits per heavy atom. The number of carbonyl (C=O) groups excluding carboxylic acids is 1. The van der Waals surface area contributed by atoms with Crippen LogP contribution in [0.1, 0.15) is 56.7 Å². The minimum Gasteiger partial charge on any atom is -0.443 e. The van der Waals surface area contributed by atoms with Crippen molar-refractivity contribution in [2.75, 3.05) is 6.54 Å². The van der Waals surface area contributed by atoms with Crippen LogP contribution >= 0.6 is 0 Å². The number of allylic oxidation sites excluding steroid dienone is 1. The monoisotopic (exact) mass is 409 g/mol. The molecular formula is C19H21F6NO2. The van der Waals surface area contributed by atoms with Crippen LogP contribution in [0.3, 0.4) is 0 Å². The van der Waals surface area contributed by atoms with Gasteiger partial charge in [-0.3, -0.25) is 4.90 Å². The Bertz CT molecular complexity index is 727. The van der Waals surface area contributed by atoms with Crippen LogP contribution in [0.2, 0.25) is 0 Å². The molecule has 3 nitrogen and oxygen atoms in total. The fraction of sp³-hybridized carbons (Fsp3) is 0.526. The third-order valence-electron chi connectivity index (χ3n) is 3.96. The maximum absolute atomic E-state index is 13.2. The van der Waals surface area contributed by atoms with Gasteiger partial charge >= 0.3 is 18.4 Å². The molecule has 0 radical (unpaired) electrons. The molecule has 0 spiro atoms. The summed E-state index contributed by atoms with van der Waals surface area (Å²) in [6.07, 6.45) is -7.64. The van der Waals surface area contributed by atoms with E-state index in [9.17, 15) is 31.1 Å². The second-order valence-corrected chi connectivity index (χ2v) is 7.51. The maximum Gasteiger partial charge on any atom is 0.416 e. The van der Waals surface area contributed by atoms with Gasteiger partial charge in [-0.15, -0.1) is 0 Å². The molecule has 0 fully saturated rings. The van der Waals surface area contributed by atoms with E-state index in [0.29, 0.717) is 31.4 Å². The number of alkyl halides is 6. The predicted molar refractivity (Wildman–Crippen MR) is 91.2 cm³/mol. The standard InChI is InChI=1S/C19H21F6NO2/c1-17(2,3)28-16(27)26-8-6-4-5-7-15(26)12-9-13(18(20,21)22)11-14(10-12)19(23,24)25/h7,9-11H,4-6,8H2,1-3H3. The van der Waals surface area contributed by atoms with Gasteiger partial charge in [-0.1, -0.05) is 6.08 Å². The van der Waals surface area contributed by atoms with E-state index < -0.39 is 35.2 Å². The maximum atomic E-state index is 13.2. The van der Waals surface area contributed by atoms with Crippen molar-refractivity contribution in [2.24, 2.45) is 0 Å². The summed E-state index contributed by atoms with van der Waals surface area (Å²) in [5, 5.41) is 0. The Morgan fingerprint density at radius 3 is 1.93 bits per heavy atom. The number of benzene rings is 1. The van der Waals surface area contributed by atoms with Crippen molar-refractivity contribution in [3.05, 3.63) is 41.0 Å². The van der Waals surface area contributed by atoms with Crippen molar-refractivity contribution in [3.8, 4) is 0 Å². The fourth-order valence-corrected chi connectivity index (χ4v) is 2.77. The van der Waals surface area contributed by atoms with Crippen molar-refractivity contribution in [1.82, 2.24) is 4.90 Å². The Balaban J connectivity index is 2.57. The summed E-state index contributed by atoms with van der Waals surface area (Å²) >= 11 is 0. The first-order valence-corrected chi connectivity index (χ1v) is 8.69. The first-order chi connectivity index (χ1) is 12.7. The van der Waals surface area contributed by atoms with Crippen LogP contribution in [0.25, 0.3) is 5.70 Å². The second kappa shape index (κ2) is 7.67. The summed E-state index contributed by atoms with van der Waals surface area (Å²) in [6, 6.07) is 1.33. The van der Waals surface area contributed by atoms with Crippen LogP contribution < -0.4 is 0 Å². The van der Waals surface area contributed by atoms with Crippen molar-refractivity contribution in [2.45, 2.75) is 58.0 Å². The molecule has 9 heteroatoms. The van der Waals surface area contributed by atoms with E-state index in [2.05, 4.69) is 0 Å². The average Bonchev–Trinajstić information content (AvgIpc) is 2.77. The van der Waals surface area contributed by atoms with E-state index in [-0.39, 0.29) is 23.9 Å². The number of nitrogens with zero attached hydrogens (tertiary/aromatic N) is 1. The van der Waals surface area contributed by atoms with Crippen molar-refractivity contribution in [3.63, 3.8) is 0 Å². The molecule has 156 valence electrons. The summed E-state index contributed by atoms with van der Waals surface area (Å²) in [6.45, 7) is 5.01. The Kier molecular flexibility index (Phi) is 6.06. The van der Waals surface area contributed by atoms with Gasteiger partial charge in [0.25, 0.3) is 0 Å². The Hall–Kier alpha value is -2.19. The molecule has 0 N–H and O–H groups in total. The second-order valence-electron chi connectivity index (χ2n) is 7.51. The molecule has 1 heterocycles. The zero-order valence-electron chi connectivity index (χ0n) is 15.7. The summed E-state index contributed by atoms with van der Waals surface area (Å²) in [5.41, 5.74) is -4.05. The SMILES string of the molecule is CC(C)(C)OC(=O)N1CCCCC=C1c1cc(C(F)(F)F)cc(C(F)(F)F)c1. The molecule has 2 rings (SSSR count). The molecule has 1 aromatic rings. The first-order valence-electron chi connectivity index (χ1n) is 8.69. The molecule has 0 unspecified atom stereocenters. The zero-order chi connectivity index (χ0) is 21.3. The Morgan fingerprint density at radius 2 is 1.46 bits per heavy atom. The van der Waals surface area contributed by atoms with Gasteiger partial charge in [0.15, 0.2) is 0 Å². The van der Waals surface area contributed by atoms with Gasteiger partial charge in [0, 0.05) is 6.54 Å². The van der Waals surface area contributed by atoms with Crippen LogP contribution in [-0.4, -0.2) is 23.1 Å². The minimum atomic E-state index is -4.96. The van der Waals surface area contributed by atoms with E-state index in [4.69, 9.17) is 4.74 Å². The van der Waals surface area contributed by atoms with Crippen LogP contribution in [0.5, 0.6) is 0 Å². The van der Waals surface area contributed by atoms with E-state index in [1.807, 2.05) is 0 Å². The van der Waals surface area contributed by atoms with E-state index in [1.54, 1.807) is 20.8 Å². The highest BCUT2D eigenvalue weighted by Gasteiger charge is 2.38. The quantitative estimate of drug-likeness (QED) is 0.497. The van der Waals surface area contributed by atoms with Crippen molar-refractivity contribution < 1.29 is 35.9 Å². The van der Waals surface area contributed by atoms with Gasteiger partial charge in [-0.05, 0) is 63.8 Å². The predicted octanol–water partition coefficient (Wildman–Crippen LogP) is 6.49. The normalized spacial score (nSPS) is 16.5. The average molecular weight is 409 g/mol. The third-order valence-corrected chi connectivity index (χ3v) is 3.96. The third kappa shape index (κ3) is 5.65. The highest BCUT2D eigenvalue weighted by molar-refractivity contribution is 5.83. The molecule has 0 bridgehead atoms. The van der Waals surface area contributed by atoms with Crippen LogP contribution in [-0.2, 0) is 17.1 Å². The number of ether oxygens (including phenoxy) is 1. The van der Waals surface area contributed by atoms with E-state index in [0.717, 1.165) is 4.90 Å². The number of rotatable bonds is 1. The number of carbonyl (C=O) groups is 1. The van der Waals surface area contributed by atoms with Gasteiger partial charge in [-0.2, -0.15) is 26.3 Å². The summed E-state index contributed by atoms with van der Waals surface area (Å²) in [7, 11) is 0. The molecule has 0 atom stereocenters. The summed E-state index contributed by atoms with van der Waals surface area (Å²) < 4.78 is 84.3. The van der Waals surface area contributed by atoms with Crippen molar-refractivity contribution in [1.29, 1.82) is 0 Å². The lowest BCUT2D eigenvalue weighted by Gasteiger charge is -2.29. The van der Waals surface area contributed by atoms with Crippen LogP contribution in [0, 0.1) is 0 Å². The Labute approximate surface area is 159 Å². The minimum absolute atomic E-state index is 0.0108. The van der Waals surface area contributed by atoms with Gasteiger partial charge < -0.3 is 4.74 Å². The number of hydrogen-bond acceptors (Lipinski definition) is 2. The van der Waals surface area contributed by atoms with Crippen molar-refractivity contribution >= 4 is 11.8 Å². The van der Waals surface area contributed by atoms with Gasteiger partial charge in [0.05, 0.1) is 16.8 Å². The molecule has 1 aliphatic rings. The van der Waals surface area contributed by atoms with Crippen LogP contribution in [0.15, 0.2) is 24.3 Å². The molecule has 1 aliphatic heterocycles. The lowest BCUT2D eigenvalue weighted by atomic mass is 10.0. The van der Waals surface area contributed by atoms with Gasteiger partial charge in [-0.25, -0.2) is 4.79 Å². The first kappa shape index (κ1) is 22.1. The van der Waals surface area contributed by atoms with Gasteiger partial charge in [0.1, 0.15) is 5.60 Å².